The highest BCUT2D eigenvalue weighted by atomic mass is 16.1. The number of carbonyl (C=O) groups excluding carboxylic acids is 1. The molecule has 2 heterocycles. The molecule has 0 aliphatic rings. The van der Waals surface area contributed by atoms with Gasteiger partial charge >= 0.3 is 0 Å². The number of benzene rings is 2. The van der Waals surface area contributed by atoms with Crippen molar-refractivity contribution >= 4 is 17.1 Å². The van der Waals surface area contributed by atoms with E-state index in [4.69, 9.17) is 0 Å². The number of hydrogen-bond donors (Lipinski definition) is 1. The van der Waals surface area contributed by atoms with E-state index >= 15 is 0 Å². The van der Waals surface area contributed by atoms with Gasteiger partial charge in [-0.1, -0.05) is 30.3 Å². The summed E-state index contributed by atoms with van der Waals surface area (Å²) in [4.78, 5) is 21.6. The van der Waals surface area contributed by atoms with E-state index in [9.17, 15) is 4.79 Å². The number of rotatable bonds is 4. The zero-order valence-electron chi connectivity index (χ0n) is 15.3. The Morgan fingerprint density at radius 2 is 1.89 bits per heavy atom. The fourth-order valence-electron chi connectivity index (χ4n) is 3.21. The van der Waals surface area contributed by atoms with Crippen molar-refractivity contribution in [3.63, 3.8) is 0 Å². The minimum Gasteiger partial charge on any atom is -0.348 e. The number of aryl methyl sites for hydroxylation is 2. The fourth-order valence-corrected chi connectivity index (χ4v) is 3.21. The van der Waals surface area contributed by atoms with Gasteiger partial charge in [0.1, 0.15) is 11.3 Å². The maximum atomic E-state index is 12.6. The highest BCUT2D eigenvalue weighted by molar-refractivity contribution is 5.94. The van der Waals surface area contributed by atoms with Gasteiger partial charge in [0.15, 0.2) is 5.65 Å². The molecule has 0 fully saturated rings. The summed E-state index contributed by atoms with van der Waals surface area (Å²) in [6, 6.07) is 19.4. The normalized spacial score (nSPS) is 10.9. The summed E-state index contributed by atoms with van der Waals surface area (Å²) in [5, 5.41) is 3.00. The van der Waals surface area contributed by atoms with E-state index in [1.165, 1.54) is 0 Å². The Bertz CT molecular complexity index is 1130. The molecule has 0 aliphatic carbocycles. The van der Waals surface area contributed by atoms with Gasteiger partial charge in [0.25, 0.3) is 5.91 Å². The maximum Gasteiger partial charge on any atom is 0.251 e. The zero-order chi connectivity index (χ0) is 18.8. The SMILES string of the molecule is Cc1ccccc1CNC(=O)c1cccc(-n2c(C)nc3cccnc32)c1. The van der Waals surface area contributed by atoms with Gasteiger partial charge in [-0.3, -0.25) is 9.36 Å². The van der Waals surface area contributed by atoms with Gasteiger partial charge in [-0.15, -0.1) is 0 Å². The largest absolute Gasteiger partial charge is 0.348 e. The van der Waals surface area contributed by atoms with Crippen molar-refractivity contribution in [2.75, 3.05) is 0 Å². The second-order valence-corrected chi connectivity index (χ2v) is 6.50. The van der Waals surface area contributed by atoms with Crippen LogP contribution < -0.4 is 5.32 Å². The quantitative estimate of drug-likeness (QED) is 0.602. The Labute approximate surface area is 157 Å². The van der Waals surface area contributed by atoms with Crippen LogP contribution in [0.15, 0.2) is 66.9 Å². The third kappa shape index (κ3) is 3.31. The standard InChI is InChI=1S/C22H20N4O/c1-15-7-3-4-8-18(15)14-24-22(27)17-9-5-10-19(13-17)26-16(2)25-20-11-6-12-23-21(20)26/h3-13H,14H2,1-2H3,(H,24,27). The minimum absolute atomic E-state index is 0.102. The van der Waals surface area contributed by atoms with E-state index in [0.29, 0.717) is 12.1 Å². The molecule has 0 bridgehead atoms. The lowest BCUT2D eigenvalue weighted by atomic mass is 10.1. The summed E-state index contributed by atoms with van der Waals surface area (Å²) in [6.07, 6.45) is 1.75. The van der Waals surface area contributed by atoms with E-state index in [2.05, 4.69) is 15.3 Å². The van der Waals surface area contributed by atoms with Crippen LogP contribution in [0.4, 0.5) is 0 Å². The van der Waals surface area contributed by atoms with Gasteiger partial charge in [-0.25, -0.2) is 9.97 Å². The third-order valence-electron chi connectivity index (χ3n) is 4.65. The van der Waals surface area contributed by atoms with Gasteiger partial charge in [0, 0.05) is 24.0 Å². The summed E-state index contributed by atoms with van der Waals surface area (Å²) in [5.41, 5.74) is 5.38. The predicted octanol–water partition coefficient (Wildman–Crippen LogP) is 3.97. The Morgan fingerprint density at radius 1 is 1.04 bits per heavy atom. The Kier molecular flexibility index (Phi) is 4.42. The number of amides is 1. The second-order valence-electron chi connectivity index (χ2n) is 6.50. The number of aromatic nitrogens is 3. The highest BCUT2D eigenvalue weighted by Crippen LogP contribution is 2.20. The number of hydrogen-bond acceptors (Lipinski definition) is 3. The molecule has 1 N–H and O–H groups in total. The molecule has 0 atom stereocenters. The minimum atomic E-state index is -0.102. The van der Waals surface area contributed by atoms with Crippen LogP contribution in [0.2, 0.25) is 0 Å². The summed E-state index contributed by atoms with van der Waals surface area (Å²) in [5.74, 6) is 0.733. The molecule has 0 unspecified atom stereocenters. The summed E-state index contributed by atoms with van der Waals surface area (Å²) >= 11 is 0. The Morgan fingerprint density at radius 3 is 2.74 bits per heavy atom. The predicted molar refractivity (Wildman–Crippen MR) is 106 cm³/mol. The van der Waals surface area contributed by atoms with Crippen molar-refractivity contribution in [2.24, 2.45) is 0 Å². The van der Waals surface area contributed by atoms with Gasteiger partial charge in [-0.05, 0) is 55.3 Å². The van der Waals surface area contributed by atoms with Gasteiger partial charge in [-0.2, -0.15) is 0 Å². The van der Waals surface area contributed by atoms with Crippen molar-refractivity contribution < 1.29 is 4.79 Å². The zero-order valence-corrected chi connectivity index (χ0v) is 15.3. The first-order valence-electron chi connectivity index (χ1n) is 8.87. The summed E-state index contributed by atoms with van der Waals surface area (Å²) in [6.45, 7) is 4.49. The molecule has 5 nitrogen and oxygen atoms in total. The Balaban J connectivity index is 1.61. The van der Waals surface area contributed by atoms with Crippen LogP contribution in [0.25, 0.3) is 16.9 Å². The van der Waals surface area contributed by atoms with Crippen molar-refractivity contribution in [1.82, 2.24) is 19.9 Å². The van der Waals surface area contributed by atoms with Crippen molar-refractivity contribution in [3.05, 3.63) is 89.4 Å². The Hall–Kier alpha value is -3.47. The van der Waals surface area contributed by atoms with Crippen molar-refractivity contribution in [3.8, 4) is 5.69 Å². The van der Waals surface area contributed by atoms with Crippen LogP contribution in [0, 0.1) is 13.8 Å². The molecule has 0 spiro atoms. The number of nitrogens with one attached hydrogen (secondary N) is 1. The molecule has 4 rings (SSSR count). The smallest absolute Gasteiger partial charge is 0.251 e. The number of carbonyl (C=O) groups is 1. The van der Waals surface area contributed by atoms with E-state index in [1.54, 1.807) is 6.20 Å². The van der Waals surface area contributed by atoms with E-state index in [1.807, 2.05) is 79.1 Å². The van der Waals surface area contributed by atoms with E-state index in [0.717, 1.165) is 33.8 Å². The first kappa shape index (κ1) is 17.0. The molecule has 0 aliphatic heterocycles. The first-order chi connectivity index (χ1) is 13.1. The van der Waals surface area contributed by atoms with E-state index < -0.39 is 0 Å². The molecule has 5 heteroatoms. The van der Waals surface area contributed by atoms with Gasteiger partial charge < -0.3 is 5.32 Å². The molecule has 4 aromatic rings. The van der Waals surface area contributed by atoms with Gasteiger partial charge in [0.05, 0.1) is 0 Å². The lowest BCUT2D eigenvalue weighted by Gasteiger charge is -2.10. The molecule has 2 aromatic heterocycles. The lowest BCUT2D eigenvalue weighted by molar-refractivity contribution is 0.0951. The molecule has 1 amide bonds. The summed E-state index contributed by atoms with van der Waals surface area (Å²) < 4.78 is 1.97. The monoisotopic (exact) mass is 356 g/mol. The molecule has 27 heavy (non-hydrogen) atoms. The number of fused-ring (bicyclic) bond motifs is 1. The summed E-state index contributed by atoms with van der Waals surface area (Å²) in [7, 11) is 0. The van der Waals surface area contributed by atoms with Crippen LogP contribution >= 0.6 is 0 Å². The van der Waals surface area contributed by atoms with Crippen LogP contribution in [-0.2, 0) is 6.54 Å². The van der Waals surface area contributed by atoms with Crippen LogP contribution in [0.3, 0.4) is 0 Å². The van der Waals surface area contributed by atoms with Crippen molar-refractivity contribution in [1.29, 1.82) is 0 Å². The van der Waals surface area contributed by atoms with Crippen LogP contribution in [-0.4, -0.2) is 20.4 Å². The van der Waals surface area contributed by atoms with Gasteiger partial charge in [0.2, 0.25) is 0 Å². The fraction of sp³-hybridized carbons (Fsp3) is 0.136. The first-order valence-corrected chi connectivity index (χ1v) is 8.87. The highest BCUT2D eigenvalue weighted by Gasteiger charge is 2.12. The van der Waals surface area contributed by atoms with Crippen molar-refractivity contribution in [2.45, 2.75) is 20.4 Å². The third-order valence-corrected chi connectivity index (χ3v) is 4.65. The number of pyridine rings is 1. The average molecular weight is 356 g/mol. The van der Waals surface area contributed by atoms with E-state index in [-0.39, 0.29) is 5.91 Å². The molecular formula is C22H20N4O. The molecule has 0 saturated heterocycles. The number of imidazole rings is 1. The second kappa shape index (κ2) is 7.03. The topological polar surface area (TPSA) is 59.8 Å². The molecular weight excluding hydrogens is 336 g/mol. The van der Waals surface area contributed by atoms with Crippen LogP contribution in [0.5, 0.6) is 0 Å². The van der Waals surface area contributed by atoms with Crippen LogP contribution in [0.1, 0.15) is 27.3 Å². The average Bonchev–Trinajstić information content (AvgIpc) is 3.03. The molecule has 134 valence electrons. The lowest BCUT2D eigenvalue weighted by Crippen LogP contribution is -2.23. The molecule has 0 saturated carbocycles. The molecule has 2 aromatic carbocycles. The molecule has 0 radical (unpaired) electrons. The number of nitrogens with zero attached hydrogens (tertiary/aromatic N) is 3. The maximum absolute atomic E-state index is 12.6.